The third kappa shape index (κ3) is 3.73. The molecule has 2 amide bonds. The van der Waals surface area contributed by atoms with E-state index in [1.165, 1.54) is 4.80 Å². The van der Waals surface area contributed by atoms with E-state index < -0.39 is 0 Å². The van der Waals surface area contributed by atoms with Gasteiger partial charge in [-0.05, 0) is 19.9 Å². The zero-order chi connectivity index (χ0) is 17.9. The SMILES string of the molecule is C=CCN1CC[C@]2(CCC1=O)CN(C(=O)Cn1nccn1)CCN2C. The Morgan fingerprint density at radius 1 is 1.28 bits per heavy atom. The fraction of sp³-hybridized carbons (Fsp3) is 0.647. The van der Waals surface area contributed by atoms with Gasteiger partial charge in [-0.3, -0.25) is 14.5 Å². The van der Waals surface area contributed by atoms with Gasteiger partial charge in [0.1, 0.15) is 6.54 Å². The van der Waals surface area contributed by atoms with Gasteiger partial charge < -0.3 is 9.80 Å². The van der Waals surface area contributed by atoms with E-state index in [9.17, 15) is 9.59 Å². The van der Waals surface area contributed by atoms with E-state index in [-0.39, 0.29) is 23.9 Å². The Morgan fingerprint density at radius 3 is 2.76 bits per heavy atom. The van der Waals surface area contributed by atoms with E-state index >= 15 is 0 Å². The summed E-state index contributed by atoms with van der Waals surface area (Å²) in [5.41, 5.74) is -0.142. The fourth-order valence-electron chi connectivity index (χ4n) is 3.80. The third-order valence-electron chi connectivity index (χ3n) is 5.45. The maximum atomic E-state index is 12.6. The van der Waals surface area contributed by atoms with E-state index in [1.807, 2.05) is 9.80 Å². The molecule has 1 aromatic heterocycles. The van der Waals surface area contributed by atoms with Crippen molar-refractivity contribution in [1.82, 2.24) is 29.7 Å². The highest BCUT2D eigenvalue weighted by Crippen LogP contribution is 2.32. The minimum absolute atomic E-state index is 0.0298. The number of likely N-dealkylation sites (N-methyl/N-ethyl adjacent to an activating group) is 1. The Bertz CT molecular complexity index is 631. The summed E-state index contributed by atoms with van der Waals surface area (Å²) in [4.78, 5) is 32.5. The van der Waals surface area contributed by atoms with E-state index in [0.29, 0.717) is 32.6 Å². The first kappa shape index (κ1) is 17.6. The molecule has 0 aromatic carbocycles. The first-order valence-corrected chi connectivity index (χ1v) is 8.76. The maximum Gasteiger partial charge on any atom is 0.246 e. The molecule has 3 rings (SSSR count). The van der Waals surface area contributed by atoms with Crippen molar-refractivity contribution in [3.63, 3.8) is 0 Å². The number of nitrogens with zero attached hydrogens (tertiary/aromatic N) is 6. The first-order valence-electron chi connectivity index (χ1n) is 8.76. The smallest absolute Gasteiger partial charge is 0.246 e. The van der Waals surface area contributed by atoms with Crippen molar-refractivity contribution in [2.24, 2.45) is 0 Å². The Balaban J connectivity index is 1.70. The van der Waals surface area contributed by atoms with Crippen molar-refractivity contribution < 1.29 is 9.59 Å². The van der Waals surface area contributed by atoms with Gasteiger partial charge in [-0.15, -0.1) is 6.58 Å². The highest BCUT2D eigenvalue weighted by molar-refractivity contribution is 5.77. The molecule has 2 aliphatic heterocycles. The molecule has 1 atom stereocenters. The number of amides is 2. The molecule has 3 heterocycles. The van der Waals surface area contributed by atoms with Crippen LogP contribution in [0, 0.1) is 0 Å². The normalized spacial score (nSPS) is 25.2. The number of hydrogen-bond donors (Lipinski definition) is 0. The van der Waals surface area contributed by atoms with Crippen molar-refractivity contribution in [3.8, 4) is 0 Å². The van der Waals surface area contributed by atoms with Crippen LogP contribution in [0.1, 0.15) is 19.3 Å². The van der Waals surface area contributed by atoms with Crippen LogP contribution in [0.2, 0.25) is 0 Å². The minimum atomic E-state index is -0.142. The van der Waals surface area contributed by atoms with Gasteiger partial charge in [0, 0.05) is 44.7 Å². The molecule has 2 aliphatic rings. The van der Waals surface area contributed by atoms with Crippen LogP contribution in [0.3, 0.4) is 0 Å². The second kappa shape index (κ2) is 7.35. The highest BCUT2D eigenvalue weighted by Gasteiger charge is 2.43. The summed E-state index contributed by atoms with van der Waals surface area (Å²) in [6, 6.07) is 0. The van der Waals surface area contributed by atoms with E-state index in [0.717, 1.165) is 19.4 Å². The van der Waals surface area contributed by atoms with Crippen LogP contribution in [0.4, 0.5) is 0 Å². The van der Waals surface area contributed by atoms with Gasteiger partial charge in [0.05, 0.1) is 12.4 Å². The molecular weight excluding hydrogens is 320 g/mol. The molecule has 25 heavy (non-hydrogen) atoms. The second-order valence-electron chi connectivity index (χ2n) is 6.90. The summed E-state index contributed by atoms with van der Waals surface area (Å²) in [6.07, 6.45) is 7.08. The Kier molecular flexibility index (Phi) is 5.17. The predicted octanol–water partition coefficient (Wildman–Crippen LogP) is -0.0106. The van der Waals surface area contributed by atoms with E-state index in [4.69, 9.17) is 0 Å². The minimum Gasteiger partial charge on any atom is -0.339 e. The average molecular weight is 346 g/mol. The lowest BCUT2D eigenvalue weighted by molar-refractivity contribution is -0.138. The van der Waals surface area contributed by atoms with Crippen LogP contribution in [-0.4, -0.2) is 86.8 Å². The van der Waals surface area contributed by atoms with Gasteiger partial charge in [-0.1, -0.05) is 6.08 Å². The lowest BCUT2D eigenvalue weighted by atomic mass is 9.86. The van der Waals surface area contributed by atoms with Crippen LogP contribution >= 0.6 is 0 Å². The van der Waals surface area contributed by atoms with E-state index in [2.05, 4.69) is 28.7 Å². The Hall–Kier alpha value is -2.22. The van der Waals surface area contributed by atoms with Gasteiger partial charge in [-0.25, -0.2) is 0 Å². The Labute approximate surface area is 148 Å². The lowest BCUT2D eigenvalue weighted by Gasteiger charge is -2.49. The van der Waals surface area contributed by atoms with Crippen LogP contribution in [0.15, 0.2) is 25.0 Å². The molecule has 0 N–H and O–H groups in total. The number of hydrogen-bond acceptors (Lipinski definition) is 5. The zero-order valence-electron chi connectivity index (χ0n) is 14.8. The Morgan fingerprint density at radius 2 is 2.04 bits per heavy atom. The molecule has 0 radical (unpaired) electrons. The molecular formula is C17H26N6O2. The summed E-state index contributed by atoms with van der Waals surface area (Å²) in [7, 11) is 2.10. The molecule has 136 valence electrons. The van der Waals surface area contributed by atoms with Crippen molar-refractivity contribution >= 4 is 11.8 Å². The van der Waals surface area contributed by atoms with Gasteiger partial charge in [0.15, 0.2) is 0 Å². The predicted molar refractivity (Wildman–Crippen MR) is 92.6 cm³/mol. The van der Waals surface area contributed by atoms with Crippen molar-refractivity contribution in [2.75, 3.05) is 39.8 Å². The zero-order valence-corrected chi connectivity index (χ0v) is 14.8. The number of likely N-dealkylation sites (tertiary alicyclic amines) is 1. The maximum absolute atomic E-state index is 12.6. The number of carbonyl (C=O) groups is 2. The molecule has 1 spiro atoms. The van der Waals surface area contributed by atoms with Crippen LogP contribution in [0.5, 0.6) is 0 Å². The molecule has 2 fully saturated rings. The monoisotopic (exact) mass is 346 g/mol. The third-order valence-corrected chi connectivity index (χ3v) is 5.45. The average Bonchev–Trinajstić information content (AvgIpc) is 3.06. The molecule has 8 heteroatoms. The topological polar surface area (TPSA) is 74.6 Å². The largest absolute Gasteiger partial charge is 0.339 e. The number of carbonyl (C=O) groups excluding carboxylic acids is 2. The highest BCUT2D eigenvalue weighted by atomic mass is 16.2. The number of rotatable bonds is 4. The van der Waals surface area contributed by atoms with Gasteiger partial charge in [-0.2, -0.15) is 15.0 Å². The van der Waals surface area contributed by atoms with Crippen molar-refractivity contribution in [1.29, 1.82) is 0 Å². The lowest BCUT2D eigenvalue weighted by Crippen LogP contribution is -2.62. The quantitative estimate of drug-likeness (QED) is 0.717. The standard InChI is InChI=1S/C17H26N6O2/c1-3-9-21-10-6-17(5-4-15(21)24)14-22(12-11-20(17)2)16(25)13-23-18-7-8-19-23/h3,7-8H,1,4-6,9-14H2,2H3/t17-/m1/s1. The first-order chi connectivity index (χ1) is 12.0. The molecule has 0 aliphatic carbocycles. The van der Waals surface area contributed by atoms with Crippen LogP contribution in [-0.2, 0) is 16.1 Å². The fourth-order valence-corrected chi connectivity index (χ4v) is 3.80. The molecule has 0 unspecified atom stereocenters. The second-order valence-corrected chi connectivity index (χ2v) is 6.90. The van der Waals surface area contributed by atoms with Crippen LogP contribution in [0.25, 0.3) is 0 Å². The molecule has 1 aromatic rings. The van der Waals surface area contributed by atoms with Gasteiger partial charge in [0.25, 0.3) is 0 Å². The van der Waals surface area contributed by atoms with Crippen molar-refractivity contribution in [3.05, 3.63) is 25.0 Å². The number of piperazine rings is 1. The van der Waals surface area contributed by atoms with Crippen LogP contribution < -0.4 is 0 Å². The molecule has 0 saturated carbocycles. The molecule has 2 saturated heterocycles. The molecule has 0 bridgehead atoms. The number of aromatic nitrogens is 3. The summed E-state index contributed by atoms with van der Waals surface area (Å²) in [6.45, 7) is 7.36. The summed E-state index contributed by atoms with van der Waals surface area (Å²) >= 11 is 0. The molecule has 8 nitrogen and oxygen atoms in total. The van der Waals surface area contributed by atoms with E-state index in [1.54, 1.807) is 18.5 Å². The van der Waals surface area contributed by atoms with Crippen molar-refractivity contribution in [2.45, 2.75) is 31.3 Å². The summed E-state index contributed by atoms with van der Waals surface area (Å²) in [5, 5.41) is 8.02. The summed E-state index contributed by atoms with van der Waals surface area (Å²) < 4.78 is 0. The van der Waals surface area contributed by atoms with Gasteiger partial charge in [0.2, 0.25) is 11.8 Å². The van der Waals surface area contributed by atoms with Gasteiger partial charge >= 0.3 is 0 Å². The summed E-state index contributed by atoms with van der Waals surface area (Å²) in [5.74, 6) is 0.205.